The quantitative estimate of drug-likeness (QED) is 0.919. The van der Waals surface area contributed by atoms with Gasteiger partial charge < -0.3 is 4.74 Å². The van der Waals surface area contributed by atoms with Gasteiger partial charge in [-0.3, -0.25) is 9.78 Å². The molecule has 23 heavy (non-hydrogen) atoms. The number of fused-ring (bicyclic) bond motifs is 1. The Morgan fingerprint density at radius 2 is 2.09 bits per heavy atom. The summed E-state index contributed by atoms with van der Waals surface area (Å²) in [5.41, 5.74) is 2.07. The fourth-order valence-corrected chi connectivity index (χ4v) is 3.53. The summed E-state index contributed by atoms with van der Waals surface area (Å²) in [5.74, 6) is -0.601. The Hall–Kier alpha value is -2.25. The van der Waals surface area contributed by atoms with Crippen LogP contribution in [0.25, 0.3) is 0 Å². The van der Waals surface area contributed by atoms with Crippen molar-refractivity contribution in [2.75, 3.05) is 6.61 Å². The Morgan fingerprint density at radius 3 is 2.87 bits per heavy atom. The normalized spacial score (nSPS) is 17.3. The summed E-state index contributed by atoms with van der Waals surface area (Å²) in [4.78, 5) is 15.8. The molecule has 3 rings (SSSR count). The van der Waals surface area contributed by atoms with Gasteiger partial charge in [0.1, 0.15) is 4.90 Å². The van der Waals surface area contributed by atoms with E-state index in [0.717, 1.165) is 17.5 Å². The number of sulfonamides is 1. The third kappa shape index (κ3) is 3.57. The van der Waals surface area contributed by atoms with Crippen LogP contribution in [-0.2, 0) is 26.0 Å². The van der Waals surface area contributed by atoms with Gasteiger partial charge in [0.25, 0.3) is 10.0 Å². The van der Waals surface area contributed by atoms with Crippen LogP contribution in [-0.4, -0.2) is 25.9 Å². The summed E-state index contributed by atoms with van der Waals surface area (Å²) in [7, 11) is -3.91. The average Bonchev–Trinajstić information content (AvgIpc) is 2.55. The molecule has 1 atom stereocenters. The molecule has 0 spiro atoms. The molecule has 0 saturated heterocycles. The molecule has 1 aliphatic heterocycles. The third-order valence-electron chi connectivity index (χ3n) is 3.66. The highest BCUT2D eigenvalue weighted by Crippen LogP contribution is 2.29. The zero-order chi connectivity index (χ0) is 16.3. The maximum Gasteiger partial charge on any atom is 0.265 e. The van der Waals surface area contributed by atoms with E-state index in [0.29, 0.717) is 6.61 Å². The summed E-state index contributed by atoms with van der Waals surface area (Å²) in [6.07, 6.45) is 2.98. The molecule has 0 radical (unpaired) electrons. The fraction of sp³-hybridized carbons (Fsp3) is 0.250. The number of hydrogen-bond acceptors (Lipinski definition) is 5. The second-order valence-electron chi connectivity index (χ2n) is 5.23. The van der Waals surface area contributed by atoms with Crippen LogP contribution in [0.1, 0.15) is 23.7 Å². The van der Waals surface area contributed by atoms with E-state index in [4.69, 9.17) is 4.74 Å². The zero-order valence-electron chi connectivity index (χ0n) is 12.3. The number of nitrogens with zero attached hydrogens (tertiary/aromatic N) is 1. The first-order chi connectivity index (χ1) is 11.1. The van der Waals surface area contributed by atoms with Crippen LogP contribution in [0.15, 0.2) is 53.7 Å². The standard InChI is InChI=1S/C16H16N2O4S/c19-16(18-23(20,21)13-5-3-8-17-11-13)10-15-14-6-2-1-4-12(14)7-9-22-15/h1-6,8,11,15H,7,9-10H2,(H,18,19). The van der Waals surface area contributed by atoms with Crippen LogP contribution in [0.4, 0.5) is 0 Å². The maximum absolute atomic E-state index is 12.1. The van der Waals surface area contributed by atoms with Crippen molar-refractivity contribution in [3.05, 3.63) is 59.9 Å². The van der Waals surface area contributed by atoms with Crippen LogP contribution < -0.4 is 4.72 Å². The zero-order valence-corrected chi connectivity index (χ0v) is 13.1. The number of aromatic nitrogens is 1. The Morgan fingerprint density at radius 1 is 1.26 bits per heavy atom. The van der Waals surface area contributed by atoms with Crippen LogP contribution in [0.3, 0.4) is 0 Å². The molecular weight excluding hydrogens is 316 g/mol. The Kier molecular flexibility index (Phi) is 4.40. The molecule has 0 aliphatic carbocycles. The third-order valence-corrected chi connectivity index (χ3v) is 5.01. The van der Waals surface area contributed by atoms with E-state index in [-0.39, 0.29) is 11.3 Å². The van der Waals surface area contributed by atoms with E-state index in [1.807, 2.05) is 24.3 Å². The van der Waals surface area contributed by atoms with Crippen LogP contribution in [0.5, 0.6) is 0 Å². The molecule has 2 aromatic rings. The highest BCUT2D eigenvalue weighted by atomic mass is 32.2. The van der Waals surface area contributed by atoms with Gasteiger partial charge in [-0.15, -0.1) is 0 Å². The lowest BCUT2D eigenvalue weighted by Crippen LogP contribution is -2.32. The summed E-state index contributed by atoms with van der Waals surface area (Å²) in [6.45, 7) is 0.518. The van der Waals surface area contributed by atoms with Crippen molar-refractivity contribution < 1.29 is 17.9 Å². The molecular formula is C16H16N2O4S. The van der Waals surface area contributed by atoms with Crippen molar-refractivity contribution in [2.45, 2.75) is 23.8 Å². The first kappa shape index (κ1) is 15.6. The lowest BCUT2D eigenvalue weighted by Gasteiger charge is -2.25. The molecule has 7 heteroatoms. The molecule has 6 nitrogen and oxygen atoms in total. The molecule has 1 N–H and O–H groups in total. The monoisotopic (exact) mass is 332 g/mol. The Labute approximate surface area is 134 Å². The summed E-state index contributed by atoms with van der Waals surface area (Å²) in [6, 6.07) is 10.6. The summed E-state index contributed by atoms with van der Waals surface area (Å²) in [5, 5.41) is 0. The van der Waals surface area contributed by atoms with Gasteiger partial charge in [-0.25, -0.2) is 13.1 Å². The van der Waals surface area contributed by atoms with Gasteiger partial charge in [0.05, 0.1) is 19.1 Å². The number of rotatable bonds is 4. The lowest BCUT2D eigenvalue weighted by molar-refractivity contribution is -0.122. The number of benzene rings is 1. The van der Waals surface area contributed by atoms with Crippen molar-refractivity contribution in [1.82, 2.24) is 9.71 Å². The lowest BCUT2D eigenvalue weighted by atomic mass is 9.96. The molecule has 0 fully saturated rings. The second-order valence-corrected chi connectivity index (χ2v) is 6.91. The van der Waals surface area contributed by atoms with Crippen molar-refractivity contribution in [3.63, 3.8) is 0 Å². The first-order valence-corrected chi connectivity index (χ1v) is 8.70. The number of carbonyl (C=O) groups excluding carboxylic acids is 1. The maximum atomic E-state index is 12.1. The Bertz CT molecular complexity index is 806. The predicted octanol–water partition coefficient (Wildman–Crippen LogP) is 1.59. The van der Waals surface area contributed by atoms with Crippen LogP contribution in [0.2, 0.25) is 0 Å². The molecule has 2 heterocycles. The number of amides is 1. The van der Waals surface area contributed by atoms with Gasteiger partial charge in [0, 0.05) is 12.4 Å². The minimum absolute atomic E-state index is 0.0432. The SMILES string of the molecule is O=C(CC1OCCc2ccccc21)NS(=O)(=O)c1cccnc1. The number of pyridine rings is 1. The van der Waals surface area contributed by atoms with Gasteiger partial charge in [0.2, 0.25) is 5.91 Å². The number of ether oxygens (including phenoxy) is 1. The molecule has 120 valence electrons. The minimum Gasteiger partial charge on any atom is -0.373 e. The fourth-order valence-electron chi connectivity index (χ4n) is 2.57. The van der Waals surface area contributed by atoms with Crippen molar-refractivity contribution in [1.29, 1.82) is 0 Å². The van der Waals surface area contributed by atoms with Crippen molar-refractivity contribution >= 4 is 15.9 Å². The molecule has 0 bridgehead atoms. The number of hydrogen-bond donors (Lipinski definition) is 1. The van der Waals surface area contributed by atoms with Gasteiger partial charge >= 0.3 is 0 Å². The van der Waals surface area contributed by atoms with Gasteiger partial charge in [-0.1, -0.05) is 24.3 Å². The first-order valence-electron chi connectivity index (χ1n) is 7.21. The van der Waals surface area contributed by atoms with E-state index >= 15 is 0 Å². The van der Waals surface area contributed by atoms with Crippen molar-refractivity contribution in [3.8, 4) is 0 Å². The van der Waals surface area contributed by atoms with Gasteiger partial charge in [-0.2, -0.15) is 0 Å². The smallest absolute Gasteiger partial charge is 0.265 e. The van der Waals surface area contributed by atoms with Gasteiger partial charge in [-0.05, 0) is 29.7 Å². The van der Waals surface area contributed by atoms with E-state index in [9.17, 15) is 13.2 Å². The van der Waals surface area contributed by atoms with Gasteiger partial charge in [0.15, 0.2) is 0 Å². The molecule has 1 aromatic heterocycles. The second kappa shape index (κ2) is 6.47. The average molecular weight is 332 g/mol. The van der Waals surface area contributed by atoms with E-state index in [1.54, 1.807) is 0 Å². The minimum atomic E-state index is -3.91. The highest BCUT2D eigenvalue weighted by Gasteiger charge is 2.25. The predicted molar refractivity (Wildman–Crippen MR) is 83.0 cm³/mol. The molecule has 1 unspecified atom stereocenters. The number of carbonyl (C=O) groups is 1. The largest absolute Gasteiger partial charge is 0.373 e. The van der Waals surface area contributed by atoms with E-state index < -0.39 is 22.0 Å². The van der Waals surface area contributed by atoms with E-state index in [1.165, 1.54) is 24.5 Å². The van der Waals surface area contributed by atoms with Crippen LogP contribution >= 0.6 is 0 Å². The van der Waals surface area contributed by atoms with Crippen LogP contribution in [0, 0.1) is 0 Å². The Balaban J connectivity index is 1.71. The molecule has 0 saturated carbocycles. The summed E-state index contributed by atoms with van der Waals surface area (Å²) < 4.78 is 31.9. The topological polar surface area (TPSA) is 85.4 Å². The van der Waals surface area contributed by atoms with E-state index in [2.05, 4.69) is 9.71 Å². The molecule has 1 amide bonds. The number of nitrogens with one attached hydrogen (secondary N) is 1. The van der Waals surface area contributed by atoms with Crippen molar-refractivity contribution in [2.24, 2.45) is 0 Å². The highest BCUT2D eigenvalue weighted by molar-refractivity contribution is 7.90. The molecule has 1 aromatic carbocycles. The molecule has 1 aliphatic rings. The summed E-state index contributed by atoms with van der Waals surface area (Å²) >= 11 is 0.